The largest absolute Gasteiger partial charge is 0.103 e. The minimum absolute atomic E-state index is 0.728. The molecule has 1 fully saturated rings. The highest BCUT2D eigenvalue weighted by molar-refractivity contribution is 5.03. The molecule has 0 saturated heterocycles. The van der Waals surface area contributed by atoms with Crippen molar-refractivity contribution in [1.29, 1.82) is 0 Å². The van der Waals surface area contributed by atoms with Crippen molar-refractivity contribution < 1.29 is 0 Å². The van der Waals surface area contributed by atoms with Crippen molar-refractivity contribution in [1.82, 2.24) is 0 Å². The summed E-state index contributed by atoms with van der Waals surface area (Å²) in [4.78, 5) is 0. The van der Waals surface area contributed by atoms with E-state index in [1.165, 1.54) is 25.7 Å². The molecule has 62 valence electrons. The zero-order chi connectivity index (χ0) is 8.10. The fourth-order valence-corrected chi connectivity index (χ4v) is 1.65. The molecule has 1 saturated carbocycles. The van der Waals surface area contributed by atoms with Gasteiger partial charge in [-0.1, -0.05) is 19.8 Å². The summed E-state index contributed by atoms with van der Waals surface area (Å²) in [6.07, 6.45) is 6.49. The summed E-state index contributed by atoms with van der Waals surface area (Å²) in [6, 6.07) is 0. The van der Waals surface area contributed by atoms with Crippen LogP contribution in [0.3, 0.4) is 0 Å². The van der Waals surface area contributed by atoms with Gasteiger partial charge in [-0.05, 0) is 31.6 Å². The highest BCUT2D eigenvalue weighted by Gasteiger charge is 2.15. The van der Waals surface area contributed by atoms with E-state index in [-0.39, 0.29) is 0 Å². The quantitative estimate of drug-likeness (QED) is 0.465. The van der Waals surface area contributed by atoms with E-state index in [9.17, 15) is 0 Å². The van der Waals surface area contributed by atoms with Crippen LogP contribution in [-0.4, -0.2) is 0 Å². The smallest absolute Gasteiger partial charge is 0.0203 e. The number of hydrogen-bond acceptors (Lipinski definition) is 0. The van der Waals surface area contributed by atoms with E-state index >= 15 is 0 Å². The zero-order valence-electron chi connectivity index (χ0n) is 7.69. The van der Waals surface area contributed by atoms with Crippen LogP contribution in [0.5, 0.6) is 0 Å². The predicted octanol–water partition coefficient (Wildman–Crippen LogP) is 3.23. The van der Waals surface area contributed by atoms with Gasteiger partial charge in [-0.3, -0.25) is 0 Å². The second-order valence-corrected chi connectivity index (χ2v) is 3.63. The number of hydrogen-bond donors (Lipinski definition) is 0. The van der Waals surface area contributed by atoms with Gasteiger partial charge >= 0.3 is 0 Å². The summed E-state index contributed by atoms with van der Waals surface area (Å²) in [6.45, 7) is 4.47. The Hall–Kier alpha value is -0.440. The van der Waals surface area contributed by atoms with Crippen LogP contribution in [-0.2, 0) is 0 Å². The third kappa shape index (κ3) is 2.97. The zero-order valence-corrected chi connectivity index (χ0v) is 7.69. The first-order valence-corrected chi connectivity index (χ1v) is 4.81. The normalized spacial score (nSPS) is 30.7. The Balaban J connectivity index is 2.28. The molecule has 11 heavy (non-hydrogen) atoms. The third-order valence-electron chi connectivity index (χ3n) is 2.50. The van der Waals surface area contributed by atoms with Crippen LogP contribution in [0.1, 0.15) is 46.0 Å². The minimum atomic E-state index is 0.728. The van der Waals surface area contributed by atoms with Crippen molar-refractivity contribution in [2.75, 3.05) is 0 Å². The van der Waals surface area contributed by atoms with Crippen LogP contribution in [0, 0.1) is 23.7 Å². The van der Waals surface area contributed by atoms with Gasteiger partial charge in [-0.2, -0.15) is 0 Å². The molecule has 0 amide bonds. The summed E-state index contributed by atoms with van der Waals surface area (Å²) in [7, 11) is 0. The summed E-state index contributed by atoms with van der Waals surface area (Å²) in [5.41, 5.74) is 0. The van der Waals surface area contributed by atoms with Gasteiger partial charge in [0.15, 0.2) is 0 Å². The third-order valence-corrected chi connectivity index (χ3v) is 2.50. The summed E-state index contributed by atoms with van der Waals surface area (Å²) < 4.78 is 0. The molecule has 0 aromatic carbocycles. The second-order valence-electron chi connectivity index (χ2n) is 3.63. The Morgan fingerprint density at radius 2 is 1.82 bits per heavy atom. The van der Waals surface area contributed by atoms with Crippen molar-refractivity contribution in [2.24, 2.45) is 11.8 Å². The molecule has 0 radical (unpaired) electrons. The summed E-state index contributed by atoms with van der Waals surface area (Å²) in [5.74, 6) is 8.21. The lowest BCUT2D eigenvalue weighted by Crippen LogP contribution is -2.10. The highest BCUT2D eigenvalue weighted by Crippen LogP contribution is 2.27. The molecular weight excluding hydrogens is 132 g/mol. The maximum Gasteiger partial charge on any atom is 0.0203 e. The minimum Gasteiger partial charge on any atom is -0.103 e. The molecular formula is C11H18. The van der Waals surface area contributed by atoms with E-state index in [4.69, 9.17) is 0 Å². The molecule has 0 aromatic heterocycles. The molecule has 0 bridgehead atoms. The topological polar surface area (TPSA) is 0 Å². The van der Waals surface area contributed by atoms with Crippen LogP contribution in [0.25, 0.3) is 0 Å². The molecule has 0 N–H and O–H groups in total. The van der Waals surface area contributed by atoms with Crippen LogP contribution < -0.4 is 0 Å². The fraction of sp³-hybridized carbons (Fsp3) is 0.818. The molecule has 0 heterocycles. The molecule has 1 aliphatic carbocycles. The van der Waals surface area contributed by atoms with Crippen LogP contribution in [0.15, 0.2) is 0 Å². The predicted molar refractivity (Wildman–Crippen MR) is 49.2 cm³/mol. The Kier molecular flexibility index (Phi) is 3.49. The van der Waals surface area contributed by atoms with E-state index < -0.39 is 0 Å². The van der Waals surface area contributed by atoms with E-state index in [0.717, 1.165) is 18.3 Å². The lowest BCUT2D eigenvalue weighted by molar-refractivity contribution is 0.337. The molecule has 0 unspecified atom stereocenters. The van der Waals surface area contributed by atoms with Gasteiger partial charge < -0.3 is 0 Å². The van der Waals surface area contributed by atoms with Crippen LogP contribution in [0.2, 0.25) is 0 Å². The van der Waals surface area contributed by atoms with E-state index in [0.29, 0.717) is 0 Å². The van der Waals surface area contributed by atoms with E-state index in [2.05, 4.69) is 25.7 Å². The van der Waals surface area contributed by atoms with Gasteiger partial charge in [-0.25, -0.2) is 0 Å². The van der Waals surface area contributed by atoms with Gasteiger partial charge in [0, 0.05) is 12.3 Å². The Bertz CT molecular complexity index is 151. The maximum absolute atomic E-state index is 3.34. The lowest BCUT2D eigenvalue weighted by Gasteiger charge is -2.21. The molecule has 1 rings (SSSR count). The average Bonchev–Trinajstić information content (AvgIpc) is 2.04. The van der Waals surface area contributed by atoms with Gasteiger partial charge in [0.05, 0.1) is 0 Å². The Morgan fingerprint density at radius 1 is 1.18 bits per heavy atom. The van der Waals surface area contributed by atoms with Crippen molar-refractivity contribution in [3.63, 3.8) is 0 Å². The van der Waals surface area contributed by atoms with Crippen molar-refractivity contribution in [3.05, 3.63) is 0 Å². The van der Waals surface area contributed by atoms with E-state index in [1.54, 1.807) is 0 Å². The molecule has 0 aromatic rings. The van der Waals surface area contributed by atoms with Crippen LogP contribution in [0.4, 0.5) is 0 Å². The molecule has 0 nitrogen and oxygen atoms in total. The molecule has 0 spiro atoms. The van der Waals surface area contributed by atoms with Gasteiger partial charge in [-0.15, -0.1) is 5.92 Å². The standard InChI is InChI=1S/C11H18/c1-3-4-5-11-8-6-10(2)7-9-11/h10-11H,3,6-9H2,1-2H3. The second kappa shape index (κ2) is 4.44. The fourth-order valence-electron chi connectivity index (χ4n) is 1.65. The first-order chi connectivity index (χ1) is 5.33. The Labute approximate surface area is 70.4 Å². The monoisotopic (exact) mass is 150 g/mol. The van der Waals surface area contributed by atoms with Crippen molar-refractivity contribution in [2.45, 2.75) is 46.0 Å². The van der Waals surface area contributed by atoms with Gasteiger partial charge in [0.2, 0.25) is 0 Å². The lowest BCUT2D eigenvalue weighted by atomic mass is 9.83. The molecule has 1 aliphatic rings. The first kappa shape index (κ1) is 8.65. The van der Waals surface area contributed by atoms with Crippen LogP contribution >= 0.6 is 0 Å². The highest BCUT2D eigenvalue weighted by atomic mass is 14.2. The SMILES string of the molecule is CCC#CC1CCC(C)CC1. The molecule has 0 heteroatoms. The Morgan fingerprint density at radius 3 is 2.36 bits per heavy atom. The van der Waals surface area contributed by atoms with E-state index in [1.807, 2.05) is 0 Å². The summed E-state index contributed by atoms with van der Waals surface area (Å²) in [5, 5.41) is 0. The van der Waals surface area contributed by atoms with Crippen molar-refractivity contribution >= 4 is 0 Å². The maximum atomic E-state index is 3.34. The molecule has 0 atom stereocenters. The molecule has 0 aliphatic heterocycles. The number of rotatable bonds is 0. The summed E-state index contributed by atoms with van der Waals surface area (Å²) >= 11 is 0. The van der Waals surface area contributed by atoms with Crippen molar-refractivity contribution in [3.8, 4) is 11.8 Å². The van der Waals surface area contributed by atoms with Gasteiger partial charge in [0.1, 0.15) is 0 Å². The average molecular weight is 150 g/mol. The van der Waals surface area contributed by atoms with Gasteiger partial charge in [0.25, 0.3) is 0 Å². The first-order valence-electron chi connectivity index (χ1n) is 4.81.